The minimum absolute atomic E-state index is 0.0640. The zero-order valence-corrected chi connectivity index (χ0v) is 16.0. The lowest BCUT2D eigenvalue weighted by molar-refractivity contribution is 0.0773. The Morgan fingerprint density at radius 3 is 2.36 bits per heavy atom. The largest absolute Gasteiger partial charge is 0.492 e. The van der Waals surface area contributed by atoms with Gasteiger partial charge in [-0.15, -0.1) is 0 Å². The number of carbonyl (C=O) groups excluding carboxylic acids is 1. The van der Waals surface area contributed by atoms with E-state index in [1.807, 2.05) is 0 Å². The maximum Gasteiger partial charge on any atom is 0.253 e. The lowest BCUT2D eigenvalue weighted by Crippen LogP contribution is -2.31. The molecule has 0 saturated heterocycles. The molecule has 0 atom stereocenters. The number of amides is 1. The van der Waals surface area contributed by atoms with Crippen molar-refractivity contribution in [2.45, 2.75) is 4.90 Å². The Bertz CT molecular complexity index is 867. The molecule has 8 heteroatoms. The van der Waals surface area contributed by atoms with E-state index in [9.17, 15) is 13.2 Å². The first kappa shape index (κ1) is 19.6. The number of carbonyl (C=O) groups is 1. The summed E-state index contributed by atoms with van der Waals surface area (Å²) in [5.41, 5.74) is 0.249. The Morgan fingerprint density at radius 1 is 1.12 bits per heavy atom. The molecule has 0 aliphatic rings. The van der Waals surface area contributed by atoms with Gasteiger partial charge in [0, 0.05) is 23.9 Å². The predicted molar refractivity (Wildman–Crippen MR) is 98.5 cm³/mol. The van der Waals surface area contributed by atoms with E-state index in [2.05, 4.69) is 0 Å². The quantitative estimate of drug-likeness (QED) is 0.742. The van der Waals surface area contributed by atoms with Crippen molar-refractivity contribution in [3.05, 3.63) is 58.1 Å². The predicted octanol–water partition coefficient (Wildman–Crippen LogP) is 3.55. The van der Waals surface area contributed by atoms with E-state index in [1.165, 1.54) is 23.1 Å². The van der Waals surface area contributed by atoms with Crippen LogP contribution in [0.1, 0.15) is 10.4 Å². The number of nitrogens with zero attached hydrogens (tertiary/aromatic N) is 1. The first-order chi connectivity index (χ1) is 11.7. The third-order valence-electron chi connectivity index (χ3n) is 3.43. The molecule has 2 rings (SSSR count). The highest BCUT2D eigenvalue weighted by molar-refractivity contribution is 7.90. The van der Waals surface area contributed by atoms with Crippen LogP contribution < -0.4 is 4.74 Å². The van der Waals surface area contributed by atoms with Crippen molar-refractivity contribution in [1.29, 1.82) is 0 Å². The summed E-state index contributed by atoms with van der Waals surface area (Å²) in [5, 5.41) is 0.705. The summed E-state index contributed by atoms with van der Waals surface area (Å²) in [7, 11) is -1.90. The Labute approximate surface area is 157 Å². The van der Waals surface area contributed by atoms with Gasteiger partial charge in [0.05, 0.1) is 16.5 Å². The lowest BCUT2D eigenvalue weighted by Gasteiger charge is -2.18. The number of rotatable bonds is 6. The monoisotopic (exact) mass is 401 g/mol. The number of hydrogen-bond acceptors (Lipinski definition) is 4. The molecule has 0 saturated carbocycles. The van der Waals surface area contributed by atoms with E-state index in [0.29, 0.717) is 17.3 Å². The summed E-state index contributed by atoms with van der Waals surface area (Å²) < 4.78 is 29.0. The van der Waals surface area contributed by atoms with Gasteiger partial charge in [-0.2, -0.15) is 0 Å². The van der Waals surface area contributed by atoms with Crippen molar-refractivity contribution < 1.29 is 17.9 Å². The average molecular weight is 402 g/mol. The van der Waals surface area contributed by atoms with Gasteiger partial charge in [0.1, 0.15) is 12.4 Å². The second-order valence-corrected chi connectivity index (χ2v) is 8.27. The summed E-state index contributed by atoms with van der Waals surface area (Å²) in [6, 6.07) is 11.1. The van der Waals surface area contributed by atoms with E-state index in [-0.39, 0.29) is 28.0 Å². The summed E-state index contributed by atoms with van der Waals surface area (Å²) in [4.78, 5) is 13.8. The lowest BCUT2D eigenvalue weighted by atomic mass is 10.2. The van der Waals surface area contributed by atoms with E-state index in [1.54, 1.807) is 31.3 Å². The highest BCUT2D eigenvalue weighted by atomic mass is 35.5. The highest BCUT2D eigenvalue weighted by Gasteiger charge is 2.18. The van der Waals surface area contributed by atoms with Gasteiger partial charge >= 0.3 is 0 Å². The number of likely N-dealkylation sites (N-methyl/N-ethyl adjacent to an activating group) is 1. The van der Waals surface area contributed by atoms with Crippen molar-refractivity contribution in [2.75, 3.05) is 26.5 Å². The fourth-order valence-electron chi connectivity index (χ4n) is 2.07. The molecule has 0 bridgehead atoms. The molecule has 0 aliphatic heterocycles. The zero-order chi connectivity index (χ0) is 18.6. The van der Waals surface area contributed by atoms with Crippen LogP contribution in [0.15, 0.2) is 47.4 Å². The molecule has 2 aromatic carbocycles. The third-order valence-corrected chi connectivity index (χ3v) is 5.26. The van der Waals surface area contributed by atoms with Crippen LogP contribution in [0.3, 0.4) is 0 Å². The minimum atomic E-state index is -3.51. The van der Waals surface area contributed by atoms with Gasteiger partial charge in [-0.25, -0.2) is 8.42 Å². The van der Waals surface area contributed by atoms with Gasteiger partial charge in [0.15, 0.2) is 9.84 Å². The molecular formula is C17H17Cl2NO4S. The van der Waals surface area contributed by atoms with Gasteiger partial charge in [-0.05, 0) is 42.5 Å². The SMILES string of the molecule is CN(CCOc1ccc(Cl)cc1)C(=O)c1ccc(Cl)c(S(C)(=O)=O)c1. The molecule has 0 heterocycles. The van der Waals surface area contributed by atoms with Gasteiger partial charge in [0.2, 0.25) is 0 Å². The molecule has 0 spiro atoms. The van der Waals surface area contributed by atoms with E-state index in [0.717, 1.165) is 6.26 Å². The Morgan fingerprint density at radius 2 is 1.76 bits per heavy atom. The van der Waals surface area contributed by atoms with Gasteiger partial charge < -0.3 is 9.64 Å². The van der Waals surface area contributed by atoms with Crippen molar-refractivity contribution in [1.82, 2.24) is 4.90 Å². The molecule has 5 nitrogen and oxygen atoms in total. The molecule has 1 amide bonds. The maximum absolute atomic E-state index is 12.4. The normalized spacial score (nSPS) is 11.2. The van der Waals surface area contributed by atoms with Crippen LogP contribution in [0, 0.1) is 0 Å². The Hall–Kier alpha value is -1.76. The molecule has 25 heavy (non-hydrogen) atoms. The smallest absolute Gasteiger partial charge is 0.253 e. The zero-order valence-electron chi connectivity index (χ0n) is 13.7. The fourth-order valence-corrected chi connectivity index (χ4v) is 3.50. The van der Waals surface area contributed by atoms with Crippen LogP contribution in [-0.4, -0.2) is 45.7 Å². The van der Waals surface area contributed by atoms with Crippen molar-refractivity contribution >= 4 is 38.9 Å². The number of sulfone groups is 1. The van der Waals surface area contributed by atoms with Crippen LogP contribution in [0.25, 0.3) is 0 Å². The fraction of sp³-hybridized carbons (Fsp3) is 0.235. The van der Waals surface area contributed by atoms with Crippen LogP contribution >= 0.6 is 23.2 Å². The van der Waals surface area contributed by atoms with Crippen molar-refractivity contribution in [3.63, 3.8) is 0 Å². The highest BCUT2D eigenvalue weighted by Crippen LogP contribution is 2.23. The Kier molecular flexibility index (Phi) is 6.32. The second kappa shape index (κ2) is 8.08. The molecular weight excluding hydrogens is 385 g/mol. The molecule has 134 valence electrons. The molecule has 0 aromatic heterocycles. The van der Waals surface area contributed by atoms with Crippen LogP contribution in [0.2, 0.25) is 10.0 Å². The average Bonchev–Trinajstić information content (AvgIpc) is 2.55. The number of benzene rings is 2. The second-order valence-electron chi connectivity index (χ2n) is 5.45. The molecule has 0 N–H and O–H groups in total. The van der Waals surface area contributed by atoms with Gasteiger partial charge in [-0.3, -0.25) is 4.79 Å². The molecule has 0 fully saturated rings. The molecule has 2 aromatic rings. The van der Waals surface area contributed by atoms with Gasteiger partial charge in [-0.1, -0.05) is 23.2 Å². The first-order valence-electron chi connectivity index (χ1n) is 7.32. The topological polar surface area (TPSA) is 63.7 Å². The summed E-state index contributed by atoms with van der Waals surface area (Å²) in [5.74, 6) is 0.331. The van der Waals surface area contributed by atoms with Crippen LogP contribution in [0.5, 0.6) is 5.75 Å². The number of ether oxygens (including phenoxy) is 1. The van der Waals surface area contributed by atoms with Gasteiger partial charge in [0.25, 0.3) is 5.91 Å². The van der Waals surface area contributed by atoms with Crippen LogP contribution in [-0.2, 0) is 9.84 Å². The maximum atomic E-state index is 12.4. The third kappa shape index (κ3) is 5.36. The van der Waals surface area contributed by atoms with E-state index < -0.39 is 9.84 Å². The number of halogens is 2. The summed E-state index contributed by atoms with van der Waals surface area (Å²) in [6.07, 6.45) is 1.05. The summed E-state index contributed by atoms with van der Waals surface area (Å²) in [6.45, 7) is 0.620. The van der Waals surface area contributed by atoms with Crippen molar-refractivity contribution in [2.24, 2.45) is 0 Å². The van der Waals surface area contributed by atoms with E-state index in [4.69, 9.17) is 27.9 Å². The van der Waals surface area contributed by atoms with Crippen LogP contribution in [0.4, 0.5) is 0 Å². The minimum Gasteiger partial charge on any atom is -0.492 e. The van der Waals surface area contributed by atoms with Crippen molar-refractivity contribution in [3.8, 4) is 5.75 Å². The molecule has 0 aliphatic carbocycles. The molecule has 0 unspecified atom stereocenters. The Balaban J connectivity index is 2.01. The molecule has 0 radical (unpaired) electrons. The van der Waals surface area contributed by atoms with E-state index >= 15 is 0 Å². The summed E-state index contributed by atoms with van der Waals surface area (Å²) >= 11 is 11.7. The number of hydrogen-bond donors (Lipinski definition) is 0. The first-order valence-corrected chi connectivity index (χ1v) is 9.96. The standard InChI is InChI=1S/C17H17Cl2NO4S/c1-20(9-10-24-14-6-4-13(18)5-7-14)17(21)12-3-8-15(19)16(11-12)25(2,22)23/h3-8,11H,9-10H2,1-2H3.